The van der Waals surface area contributed by atoms with Crippen LogP contribution in [-0.4, -0.2) is 104 Å². The van der Waals surface area contributed by atoms with Gasteiger partial charge in [0, 0.05) is 29.6 Å². The topological polar surface area (TPSA) is 217 Å². The van der Waals surface area contributed by atoms with Crippen LogP contribution >= 0.6 is 0 Å². The van der Waals surface area contributed by atoms with Crippen LogP contribution in [0.5, 0.6) is 0 Å². The molecule has 0 aromatic carbocycles. The van der Waals surface area contributed by atoms with Gasteiger partial charge in [-0.2, -0.15) is 33.7 Å². The van der Waals surface area contributed by atoms with Crippen molar-refractivity contribution in [3.05, 3.63) is 0 Å². The van der Waals surface area contributed by atoms with Crippen molar-refractivity contribution < 1.29 is 51.9 Å². The monoisotopic (exact) mass is 1020 g/mol. The number of rotatable bonds is 44. The van der Waals surface area contributed by atoms with E-state index in [9.17, 15) is 33.7 Å². The molecule has 0 aromatic heterocycles. The summed E-state index contributed by atoms with van der Waals surface area (Å²) in [5.41, 5.74) is 0. The zero-order valence-corrected chi connectivity index (χ0v) is 48.1. The molecule has 4 N–H and O–H groups in total. The van der Waals surface area contributed by atoms with E-state index >= 15 is 0 Å². The van der Waals surface area contributed by atoms with E-state index in [1.54, 1.807) is 0 Å². The molecule has 0 aliphatic heterocycles. The third kappa shape index (κ3) is 91.5. The quantitative estimate of drug-likeness (QED) is 0.0255. The molecule has 65 heavy (non-hydrogen) atoms. The summed E-state index contributed by atoms with van der Waals surface area (Å²) in [6.45, 7) is 8.87. The molecule has 0 heterocycles. The third-order valence-corrected chi connectivity index (χ3v) is 14.2. The smallest absolute Gasteiger partial charge is 0.264 e. The fourth-order valence-electron chi connectivity index (χ4n) is 7.09. The minimum Gasteiger partial charge on any atom is -0.286 e. The van der Waals surface area contributed by atoms with Gasteiger partial charge < -0.3 is 0 Å². The molecule has 12 nitrogen and oxygen atoms in total. The molecule has 0 spiro atoms. The minimum absolute atomic E-state index is 0. The van der Waals surface area contributed by atoms with Crippen LogP contribution in [0.3, 0.4) is 0 Å². The first kappa shape index (κ1) is 74.6. The van der Waals surface area contributed by atoms with Gasteiger partial charge in [-0.05, 0) is 25.7 Å². The van der Waals surface area contributed by atoms with Crippen molar-refractivity contribution in [2.24, 2.45) is 0 Å². The summed E-state index contributed by atoms with van der Waals surface area (Å²) >= 11 is 0. The van der Waals surface area contributed by atoms with Crippen LogP contribution in [0.15, 0.2) is 0 Å². The molecule has 393 valence electrons. The maximum absolute atomic E-state index is 10.4. The molecule has 0 saturated carbocycles. The average molecular weight is 1020 g/mol. The first-order valence-corrected chi connectivity index (χ1v) is 32.5. The van der Waals surface area contributed by atoms with Crippen LogP contribution in [0, 0.1) is 0 Å². The Morgan fingerprint density at radius 3 is 0.385 bits per heavy atom. The van der Waals surface area contributed by atoms with Crippen LogP contribution in [0.4, 0.5) is 0 Å². The molecule has 0 aliphatic carbocycles. The Hall–Kier alpha value is 0.640. The van der Waals surface area contributed by atoms with E-state index in [0.717, 1.165) is 51.4 Å². The standard InChI is InChI=1S/4C12H26O3S.Na/c4*1-2-3-4-5-6-7-8-9-10-11-12-16(13,14)15;/h4*2-12H2,1H3,(H,13,14,15);. The zero-order chi connectivity index (χ0) is 49.1. The fraction of sp³-hybridized carbons (Fsp3) is 1.00. The van der Waals surface area contributed by atoms with Crippen LogP contribution in [0.1, 0.15) is 285 Å². The molecule has 17 heteroatoms. The zero-order valence-electron chi connectivity index (χ0n) is 42.8. The largest absolute Gasteiger partial charge is 0.286 e. The van der Waals surface area contributed by atoms with Gasteiger partial charge in [0.15, 0.2) is 0 Å². The van der Waals surface area contributed by atoms with Gasteiger partial charge in [-0.15, -0.1) is 0 Å². The summed E-state index contributed by atoms with van der Waals surface area (Å²) in [6, 6.07) is 0. The Kier molecular flexibility index (Phi) is 63.8. The maximum atomic E-state index is 10.4. The van der Waals surface area contributed by atoms with Crippen molar-refractivity contribution >= 4 is 70.0 Å². The second kappa shape index (κ2) is 55.6. The second-order valence-electron chi connectivity index (χ2n) is 17.9. The van der Waals surface area contributed by atoms with Crippen molar-refractivity contribution in [2.75, 3.05) is 23.0 Å². The SMILES string of the molecule is CCCCCCCCCCCCS(=O)(=O)O.CCCCCCCCCCCCS(=O)(=O)O.CCCCCCCCCCCCS(=O)(=O)O.CCCCCCCCCCCCS(=O)(=O)O.[Na]. The summed E-state index contributed by atoms with van der Waals surface area (Å²) in [5, 5.41) is 0. The summed E-state index contributed by atoms with van der Waals surface area (Å²) in [6.07, 6.45) is 46.6. The molecule has 0 atom stereocenters. The van der Waals surface area contributed by atoms with Gasteiger partial charge >= 0.3 is 0 Å². The van der Waals surface area contributed by atoms with Gasteiger partial charge in [0.05, 0.1) is 23.0 Å². The van der Waals surface area contributed by atoms with Crippen molar-refractivity contribution in [1.82, 2.24) is 0 Å². The molecular formula is C48H104NaO12S4. The summed E-state index contributed by atoms with van der Waals surface area (Å²) < 4.78 is 117. The summed E-state index contributed by atoms with van der Waals surface area (Å²) in [4.78, 5) is 0. The molecule has 0 amide bonds. The van der Waals surface area contributed by atoms with Gasteiger partial charge in [-0.3, -0.25) is 18.2 Å². The number of hydrogen-bond donors (Lipinski definition) is 4. The molecule has 0 rings (SSSR count). The van der Waals surface area contributed by atoms with Gasteiger partial charge in [0.2, 0.25) is 0 Å². The van der Waals surface area contributed by atoms with Crippen LogP contribution in [0.25, 0.3) is 0 Å². The molecule has 0 bridgehead atoms. The molecule has 0 saturated heterocycles. The summed E-state index contributed by atoms with van der Waals surface area (Å²) in [5.74, 6) is -0.319. The Morgan fingerprint density at radius 1 is 0.200 bits per heavy atom. The Balaban J connectivity index is -0.000000245. The van der Waals surface area contributed by atoms with Crippen molar-refractivity contribution in [3.63, 3.8) is 0 Å². The van der Waals surface area contributed by atoms with Crippen molar-refractivity contribution in [2.45, 2.75) is 285 Å². The van der Waals surface area contributed by atoms with Gasteiger partial charge in [0.25, 0.3) is 40.5 Å². The van der Waals surface area contributed by atoms with E-state index < -0.39 is 40.5 Å². The van der Waals surface area contributed by atoms with Crippen LogP contribution < -0.4 is 0 Å². The Labute approximate surface area is 426 Å². The Bertz CT molecular complexity index is 1150. The van der Waals surface area contributed by atoms with E-state index in [4.69, 9.17) is 18.2 Å². The van der Waals surface area contributed by atoms with E-state index in [1.165, 1.54) is 180 Å². The average Bonchev–Trinajstić information content (AvgIpc) is 3.20. The second-order valence-corrected chi connectivity index (χ2v) is 24.2. The minimum atomic E-state index is -3.73. The maximum Gasteiger partial charge on any atom is 0.264 e. The third-order valence-electron chi connectivity index (χ3n) is 11.0. The van der Waals surface area contributed by atoms with Crippen molar-refractivity contribution in [3.8, 4) is 0 Å². The molecule has 0 aromatic rings. The fourth-order valence-corrected chi connectivity index (χ4v) is 9.36. The van der Waals surface area contributed by atoms with Crippen molar-refractivity contribution in [1.29, 1.82) is 0 Å². The number of unbranched alkanes of at least 4 members (excludes halogenated alkanes) is 36. The van der Waals surface area contributed by atoms with Gasteiger partial charge in [-0.1, -0.05) is 259 Å². The first-order chi connectivity index (χ1) is 30.2. The molecule has 0 aliphatic rings. The van der Waals surface area contributed by atoms with Gasteiger partial charge in [0.1, 0.15) is 0 Å². The first-order valence-electron chi connectivity index (χ1n) is 26.0. The van der Waals surface area contributed by atoms with Gasteiger partial charge in [-0.25, -0.2) is 0 Å². The van der Waals surface area contributed by atoms with E-state index in [2.05, 4.69) is 27.7 Å². The molecular weight excluding hydrogens is 920 g/mol. The predicted octanol–water partition coefficient (Wildman–Crippen LogP) is 14.8. The normalized spacial score (nSPS) is 11.7. The predicted molar refractivity (Wildman–Crippen MR) is 279 cm³/mol. The van der Waals surface area contributed by atoms with Crippen LogP contribution in [-0.2, 0) is 40.5 Å². The molecule has 1 radical (unpaired) electrons. The van der Waals surface area contributed by atoms with E-state index in [-0.39, 0.29) is 52.6 Å². The number of hydrogen-bond acceptors (Lipinski definition) is 8. The summed E-state index contributed by atoms with van der Waals surface area (Å²) in [7, 11) is -14.9. The van der Waals surface area contributed by atoms with Crippen LogP contribution in [0.2, 0.25) is 0 Å². The molecule has 0 fully saturated rings. The molecule has 0 unspecified atom stereocenters. The van der Waals surface area contributed by atoms with E-state index in [1.807, 2.05) is 0 Å². The Morgan fingerprint density at radius 2 is 0.292 bits per heavy atom. The van der Waals surface area contributed by atoms with E-state index in [0.29, 0.717) is 25.7 Å².